The molecule has 0 heterocycles. The minimum atomic E-state index is -1.44. The lowest BCUT2D eigenvalue weighted by atomic mass is 9.89. The van der Waals surface area contributed by atoms with Gasteiger partial charge in [0.1, 0.15) is 0 Å². The second kappa shape index (κ2) is 3.66. The molecule has 0 aliphatic carbocycles. The highest BCUT2D eigenvalue weighted by Crippen LogP contribution is 1.88. The molecule has 0 saturated heterocycles. The average Bonchev–Trinajstić information content (AvgIpc) is 1.65. The van der Waals surface area contributed by atoms with Crippen LogP contribution >= 0.6 is 0 Å². The summed E-state index contributed by atoms with van der Waals surface area (Å²) in [5.74, 6) is 1.17. The molecule has 0 amide bonds. The maximum Gasteiger partial charge on any atom is 0.480 e. The van der Waals surface area contributed by atoms with Crippen molar-refractivity contribution in [2.24, 2.45) is 0 Å². The number of aliphatic hydroxyl groups excluding tert-OH is 1. The van der Waals surface area contributed by atoms with Gasteiger partial charge in [0.05, 0.1) is 6.61 Å². The monoisotopic (exact) mass is 116 g/mol. The molecule has 0 aliphatic rings. The molecule has 0 rings (SSSR count). The highest BCUT2D eigenvalue weighted by atomic mass is 16.4. The molecule has 0 aromatic carbocycles. The normalized spacial score (nSPS) is 11.8. The molecule has 0 saturated carbocycles. The largest absolute Gasteiger partial charge is 0.480 e. The maximum atomic E-state index is 8.29. The van der Waals surface area contributed by atoms with Crippen molar-refractivity contribution < 1.29 is 15.2 Å². The number of rotatable bonds is 2. The van der Waals surface area contributed by atoms with Crippen LogP contribution in [0.15, 0.2) is 11.5 Å². The van der Waals surface area contributed by atoms with Gasteiger partial charge in [-0.25, -0.2) is 0 Å². The van der Waals surface area contributed by atoms with Gasteiger partial charge >= 0.3 is 7.12 Å². The van der Waals surface area contributed by atoms with Crippen LogP contribution in [0.1, 0.15) is 6.92 Å². The van der Waals surface area contributed by atoms with E-state index in [9.17, 15) is 0 Å². The summed E-state index contributed by atoms with van der Waals surface area (Å²) in [4.78, 5) is 0. The Morgan fingerprint density at radius 2 is 2.12 bits per heavy atom. The van der Waals surface area contributed by atoms with E-state index in [-0.39, 0.29) is 6.61 Å². The van der Waals surface area contributed by atoms with E-state index in [2.05, 4.69) is 0 Å². The molecule has 8 heavy (non-hydrogen) atoms. The van der Waals surface area contributed by atoms with Gasteiger partial charge in [-0.05, 0) is 6.92 Å². The zero-order valence-electron chi connectivity index (χ0n) is 4.70. The van der Waals surface area contributed by atoms with Crippen LogP contribution in [-0.2, 0) is 0 Å². The molecule has 0 aromatic heterocycles. The molecule has 0 radical (unpaired) electrons. The van der Waals surface area contributed by atoms with Crippen molar-refractivity contribution >= 4 is 7.12 Å². The van der Waals surface area contributed by atoms with Crippen molar-refractivity contribution in [1.82, 2.24) is 0 Å². The smallest absolute Gasteiger partial charge is 0.424 e. The van der Waals surface area contributed by atoms with Gasteiger partial charge in [-0.3, -0.25) is 0 Å². The quantitative estimate of drug-likeness (QED) is 0.403. The Bertz CT molecular complexity index is 89.3. The van der Waals surface area contributed by atoms with E-state index in [1.807, 2.05) is 0 Å². The van der Waals surface area contributed by atoms with Gasteiger partial charge in [0, 0.05) is 0 Å². The van der Waals surface area contributed by atoms with E-state index in [1.165, 1.54) is 5.98 Å². The van der Waals surface area contributed by atoms with Crippen LogP contribution in [0.2, 0.25) is 0 Å². The molecule has 0 spiro atoms. The summed E-state index contributed by atoms with van der Waals surface area (Å²) in [5, 5.41) is 24.7. The van der Waals surface area contributed by atoms with Crippen LogP contribution in [0.25, 0.3) is 0 Å². The molecular weight excluding hydrogens is 107 g/mol. The Hall–Kier alpha value is -0.315. The van der Waals surface area contributed by atoms with E-state index in [0.29, 0.717) is 5.57 Å². The molecule has 0 fully saturated rings. The SMILES string of the molecule is C/C(=C\B(O)O)CO. The van der Waals surface area contributed by atoms with Crippen LogP contribution in [0, 0.1) is 0 Å². The first-order valence-electron chi connectivity index (χ1n) is 2.31. The predicted octanol–water partition coefficient (Wildman–Crippen LogP) is -1.06. The third-order valence-corrected chi connectivity index (χ3v) is 0.683. The van der Waals surface area contributed by atoms with Gasteiger partial charge < -0.3 is 15.2 Å². The summed E-state index contributed by atoms with van der Waals surface area (Å²) in [6.45, 7) is 1.48. The number of hydrogen-bond donors (Lipinski definition) is 3. The van der Waals surface area contributed by atoms with Crippen LogP contribution in [0.5, 0.6) is 0 Å². The topological polar surface area (TPSA) is 60.7 Å². The van der Waals surface area contributed by atoms with Crippen molar-refractivity contribution in [3.63, 3.8) is 0 Å². The molecule has 0 unspecified atom stereocenters. The minimum Gasteiger partial charge on any atom is -0.424 e. The van der Waals surface area contributed by atoms with Crippen molar-refractivity contribution in [2.45, 2.75) is 6.92 Å². The van der Waals surface area contributed by atoms with Crippen molar-refractivity contribution in [3.8, 4) is 0 Å². The van der Waals surface area contributed by atoms with Gasteiger partial charge in [0.2, 0.25) is 0 Å². The van der Waals surface area contributed by atoms with Gasteiger partial charge in [0.25, 0.3) is 0 Å². The minimum absolute atomic E-state index is 0.127. The van der Waals surface area contributed by atoms with Crippen molar-refractivity contribution in [1.29, 1.82) is 0 Å². The molecule has 46 valence electrons. The predicted molar refractivity (Wildman–Crippen MR) is 31.0 cm³/mol. The lowest BCUT2D eigenvalue weighted by molar-refractivity contribution is 0.330. The zero-order valence-corrected chi connectivity index (χ0v) is 4.70. The Balaban J connectivity index is 3.56. The second-order valence-electron chi connectivity index (χ2n) is 1.58. The first-order valence-corrected chi connectivity index (χ1v) is 2.31. The van der Waals surface area contributed by atoms with Crippen LogP contribution in [0.4, 0.5) is 0 Å². The lowest BCUT2D eigenvalue weighted by Gasteiger charge is -1.91. The van der Waals surface area contributed by atoms with Gasteiger partial charge in [-0.1, -0.05) is 11.5 Å². The highest BCUT2D eigenvalue weighted by Gasteiger charge is 1.99. The van der Waals surface area contributed by atoms with E-state index in [1.54, 1.807) is 6.92 Å². The molecule has 3 N–H and O–H groups in total. The van der Waals surface area contributed by atoms with Crippen LogP contribution < -0.4 is 0 Å². The Morgan fingerprint density at radius 1 is 1.62 bits per heavy atom. The van der Waals surface area contributed by atoms with E-state index < -0.39 is 7.12 Å². The second-order valence-corrected chi connectivity index (χ2v) is 1.58. The summed E-state index contributed by atoms with van der Waals surface area (Å²) in [7, 11) is -1.44. The summed E-state index contributed by atoms with van der Waals surface area (Å²) in [6, 6.07) is 0. The molecule has 0 aliphatic heterocycles. The first kappa shape index (κ1) is 7.68. The molecule has 0 atom stereocenters. The number of aliphatic hydroxyl groups is 1. The lowest BCUT2D eigenvalue weighted by Crippen LogP contribution is -2.07. The summed E-state index contributed by atoms with van der Waals surface area (Å²) in [5.41, 5.74) is 0.556. The summed E-state index contributed by atoms with van der Waals surface area (Å²) >= 11 is 0. The molecule has 3 nitrogen and oxygen atoms in total. The summed E-state index contributed by atoms with van der Waals surface area (Å²) < 4.78 is 0. The third kappa shape index (κ3) is 3.86. The Morgan fingerprint density at radius 3 is 2.25 bits per heavy atom. The fourth-order valence-corrected chi connectivity index (χ4v) is 0.307. The van der Waals surface area contributed by atoms with Crippen molar-refractivity contribution in [2.75, 3.05) is 6.61 Å². The molecule has 0 aromatic rings. The first-order chi connectivity index (χ1) is 3.66. The maximum absolute atomic E-state index is 8.29. The van der Waals surface area contributed by atoms with Gasteiger partial charge in [-0.15, -0.1) is 0 Å². The van der Waals surface area contributed by atoms with E-state index in [4.69, 9.17) is 15.2 Å². The average molecular weight is 116 g/mol. The van der Waals surface area contributed by atoms with Crippen LogP contribution in [0.3, 0.4) is 0 Å². The van der Waals surface area contributed by atoms with E-state index in [0.717, 1.165) is 0 Å². The fourth-order valence-electron chi connectivity index (χ4n) is 0.307. The molecule has 0 bridgehead atoms. The molecular formula is C4H9BO3. The van der Waals surface area contributed by atoms with Crippen molar-refractivity contribution in [3.05, 3.63) is 11.5 Å². The standard InChI is InChI=1S/C4H9BO3/c1-4(3-6)2-5(7)8/h2,6-8H,3H2,1H3/b4-2+. The highest BCUT2D eigenvalue weighted by molar-refractivity contribution is 6.47. The third-order valence-electron chi connectivity index (χ3n) is 0.683. The van der Waals surface area contributed by atoms with Gasteiger partial charge in [-0.2, -0.15) is 0 Å². The Labute approximate surface area is 48.4 Å². The van der Waals surface area contributed by atoms with Gasteiger partial charge in [0.15, 0.2) is 0 Å². The number of hydrogen-bond acceptors (Lipinski definition) is 3. The Kier molecular flexibility index (Phi) is 3.51. The zero-order chi connectivity index (χ0) is 6.57. The van der Waals surface area contributed by atoms with Crippen LogP contribution in [-0.4, -0.2) is 28.9 Å². The van der Waals surface area contributed by atoms with E-state index >= 15 is 0 Å². The molecule has 4 heteroatoms. The fraction of sp³-hybridized carbons (Fsp3) is 0.500. The summed E-state index contributed by atoms with van der Waals surface area (Å²) in [6.07, 6.45) is 0.